The normalized spacial score (nSPS) is 12.7. The number of hydrogen-bond acceptors (Lipinski definition) is 6. The minimum atomic E-state index is -4.43. The van der Waals surface area contributed by atoms with Crippen LogP contribution < -0.4 is 0 Å². The number of halogens is 3. The Morgan fingerprint density at radius 3 is 2.50 bits per heavy atom. The zero-order valence-electron chi connectivity index (χ0n) is 17.5. The fourth-order valence-corrected chi connectivity index (χ4v) is 5.10. The lowest BCUT2D eigenvalue weighted by atomic mass is 10.1. The smallest absolute Gasteiger partial charge is 0.361 e. The zero-order valence-corrected chi connectivity index (χ0v) is 18.3. The molecule has 0 saturated carbocycles. The second-order valence-corrected chi connectivity index (χ2v) is 9.45. The lowest BCUT2D eigenvalue weighted by Crippen LogP contribution is -2.17. The highest BCUT2D eigenvalue weighted by molar-refractivity contribution is 7.90. The average molecular weight is 467 g/mol. The van der Waals surface area contributed by atoms with Crippen LogP contribution in [0.5, 0.6) is 0 Å². The van der Waals surface area contributed by atoms with Crippen molar-refractivity contribution in [1.82, 2.24) is 23.9 Å². The van der Waals surface area contributed by atoms with Gasteiger partial charge in [0, 0.05) is 40.8 Å². The van der Waals surface area contributed by atoms with Gasteiger partial charge >= 0.3 is 6.18 Å². The summed E-state index contributed by atoms with van der Waals surface area (Å²) >= 11 is 0. The second kappa shape index (κ2) is 7.76. The van der Waals surface area contributed by atoms with Crippen LogP contribution in [-0.2, 0) is 16.6 Å². The van der Waals surface area contributed by atoms with Gasteiger partial charge in [-0.15, -0.1) is 0 Å². The molecule has 0 aliphatic rings. The fourth-order valence-electron chi connectivity index (χ4n) is 3.68. The number of fused-ring (bicyclic) bond motifs is 1. The van der Waals surface area contributed by atoms with Gasteiger partial charge in [0.25, 0.3) is 0 Å². The van der Waals surface area contributed by atoms with Crippen molar-refractivity contribution in [3.05, 3.63) is 42.3 Å². The van der Waals surface area contributed by atoms with Crippen molar-refractivity contribution < 1.29 is 26.1 Å². The number of pyridine rings is 1. The van der Waals surface area contributed by atoms with Crippen molar-refractivity contribution in [2.45, 2.75) is 39.9 Å². The van der Waals surface area contributed by atoms with Gasteiger partial charge in [0.15, 0.2) is 0 Å². The first-order valence-electron chi connectivity index (χ1n) is 9.77. The summed E-state index contributed by atoms with van der Waals surface area (Å²) in [6, 6.07) is 1.67. The van der Waals surface area contributed by atoms with Crippen molar-refractivity contribution in [2.75, 3.05) is 5.75 Å². The number of nitrogens with zero attached hydrogens (tertiary/aromatic N) is 5. The molecule has 0 amide bonds. The van der Waals surface area contributed by atoms with Crippen molar-refractivity contribution in [2.24, 2.45) is 0 Å². The van der Waals surface area contributed by atoms with Crippen LogP contribution >= 0.6 is 0 Å². The van der Waals surface area contributed by atoms with Gasteiger partial charge < -0.3 is 4.52 Å². The van der Waals surface area contributed by atoms with Gasteiger partial charge in [-0.25, -0.2) is 12.4 Å². The molecule has 0 saturated heterocycles. The summed E-state index contributed by atoms with van der Waals surface area (Å²) in [4.78, 5) is 4.46. The van der Waals surface area contributed by atoms with Crippen LogP contribution in [0.4, 0.5) is 13.2 Å². The van der Waals surface area contributed by atoms with Crippen LogP contribution in [0.3, 0.4) is 0 Å². The molecule has 0 fully saturated rings. The van der Waals surface area contributed by atoms with Crippen LogP contribution in [0, 0.1) is 13.8 Å². The van der Waals surface area contributed by atoms with Crippen LogP contribution in [-0.4, -0.2) is 44.2 Å². The third-order valence-corrected chi connectivity index (χ3v) is 6.80. The lowest BCUT2D eigenvalue weighted by Gasteiger charge is -2.07. The van der Waals surface area contributed by atoms with Gasteiger partial charge in [-0.1, -0.05) is 12.1 Å². The van der Waals surface area contributed by atoms with Crippen LogP contribution in [0.15, 0.2) is 35.4 Å². The molecule has 4 heterocycles. The van der Waals surface area contributed by atoms with E-state index in [-0.39, 0.29) is 5.75 Å². The molecule has 12 heteroatoms. The first-order valence-corrected chi connectivity index (χ1v) is 11.4. The van der Waals surface area contributed by atoms with Crippen LogP contribution in [0.1, 0.15) is 24.8 Å². The van der Waals surface area contributed by atoms with E-state index in [0.717, 1.165) is 8.65 Å². The van der Waals surface area contributed by atoms with E-state index in [0.29, 0.717) is 51.2 Å². The van der Waals surface area contributed by atoms with Gasteiger partial charge in [0.2, 0.25) is 10.0 Å². The molecule has 170 valence electrons. The summed E-state index contributed by atoms with van der Waals surface area (Å²) in [7, 11) is -3.72. The molecule has 0 radical (unpaired) electrons. The van der Waals surface area contributed by atoms with Gasteiger partial charge in [0.05, 0.1) is 28.7 Å². The maximum Gasteiger partial charge on any atom is 0.408 e. The van der Waals surface area contributed by atoms with E-state index in [1.54, 1.807) is 33.0 Å². The molecular formula is C20H20F3N5O3S. The van der Waals surface area contributed by atoms with E-state index in [1.807, 2.05) is 0 Å². The van der Waals surface area contributed by atoms with Crippen molar-refractivity contribution >= 4 is 21.1 Å². The Kier molecular flexibility index (Phi) is 5.35. The molecule has 32 heavy (non-hydrogen) atoms. The number of hydrogen-bond donors (Lipinski definition) is 0. The third kappa shape index (κ3) is 4.01. The van der Waals surface area contributed by atoms with E-state index >= 15 is 0 Å². The molecule has 0 spiro atoms. The SMILES string of the molecule is CCCS(=O)(=O)n1cc(-c2cnn(CC(F)(F)F)c2)c2ncc(-c3c(C)noc3C)cc21. The molecule has 0 aromatic carbocycles. The van der Waals surface area contributed by atoms with Crippen molar-refractivity contribution in [3.63, 3.8) is 0 Å². The molecule has 0 N–H and O–H groups in total. The molecule has 4 aromatic rings. The van der Waals surface area contributed by atoms with E-state index in [1.165, 1.54) is 18.6 Å². The van der Waals surface area contributed by atoms with Crippen LogP contribution in [0.2, 0.25) is 0 Å². The highest BCUT2D eigenvalue weighted by Gasteiger charge is 2.29. The Morgan fingerprint density at radius 2 is 1.88 bits per heavy atom. The first-order chi connectivity index (χ1) is 15.0. The number of aromatic nitrogens is 5. The maximum absolute atomic E-state index is 13.0. The Hall–Kier alpha value is -3.15. The summed E-state index contributed by atoms with van der Waals surface area (Å²) in [6.07, 6.45) is 1.41. The number of aryl methyl sites for hydroxylation is 2. The van der Waals surface area contributed by atoms with E-state index in [9.17, 15) is 21.6 Å². The minimum absolute atomic E-state index is 0.0981. The first kappa shape index (κ1) is 22.1. The van der Waals surface area contributed by atoms with Gasteiger partial charge in [-0.05, 0) is 26.3 Å². The molecule has 4 aromatic heterocycles. The Balaban J connectivity index is 1.92. The summed E-state index contributed by atoms with van der Waals surface area (Å²) in [5.74, 6) is 0.464. The molecule has 0 atom stereocenters. The van der Waals surface area contributed by atoms with Crippen LogP contribution in [0.25, 0.3) is 33.3 Å². The molecular weight excluding hydrogens is 447 g/mol. The minimum Gasteiger partial charge on any atom is -0.361 e. The Bertz CT molecular complexity index is 1380. The topological polar surface area (TPSA) is 95.8 Å². The summed E-state index contributed by atoms with van der Waals surface area (Å²) in [5, 5.41) is 7.69. The Labute approximate surface area is 181 Å². The summed E-state index contributed by atoms with van der Waals surface area (Å²) in [6.45, 7) is 4.01. The molecule has 4 rings (SSSR count). The molecule has 0 bridgehead atoms. The van der Waals surface area contributed by atoms with Gasteiger partial charge in [0.1, 0.15) is 12.3 Å². The third-order valence-electron chi connectivity index (χ3n) is 4.98. The number of alkyl halides is 3. The highest BCUT2D eigenvalue weighted by atomic mass is 32.2. The fraction of sp³-hybridized carbons (Fsp3) is 0.350. The van der Waals surface area contributed by atoms with E-state index in [4.69, 9.17) is 4.52 Å². The molecule has 0 aliphatic heterocycles. The summed E-state index contributed by atoms with van der Waals surface area (Å²) in [5.41, 5.74) is 3.33. The van der Waals surface area contributed by atoms with Crippen molar-refractivity contribution in [1.29, 1.82) is 0 Å². The highest BCUT2D eigenvalue weighted by Crippen LogP contribution is 2.34. The molecule has 0 aliphatic carbocycles. The Morgan fingerprint density at radius 1 is 1.12 bits per heavy atom. The molecule has 8 nitrogen and oxygen atoms in total. The monoisotopic (exact) mass is 467 g/mol. The van der Waals surface area contributed by atoms with E-state index in [2.05, 4.69) is 15.2 Å². The predicted molar refractivity (Wildman–Crippen MR) is 111 cm³/mol. The number of rotatable bonds is 6. The van der Waals surface area contributed by atoms with Crippen molar-refractivity contribution in [3.8, 4) is 22.3 Å². The van der Waals surface area contributed by atoms with Gasteiger partial charge in [-0.3, -0.25) is 9.67 Å². The standard InChI is InChI=1S/C20H20F3N5O3S/c1-4-5-32(29,30)28-10-16(15-8-25-27(9-15)11-20(21,22)23)19-17(28)6-14(7-24-19)18-12(2)26-31-13(18)3/h6-10H,4-5,11H2,1-3H3. The predicted octanol–water partition coefficient (Wildman–Crippen LogP) is 4.32. The second-order valence-electron chi connectivity index (χ2n) is 7.49. The zero-order chi connectivity index (χ0) is 23.3. The van der Waals surface area contributed by atoms with Gasteiger partial charge in [-0.2, -0.15) is 18.3 Å². The maximum atomic E-state index is 13.0. The largest absolute Gasteiger partial charge is 0.408 e. The lowest BCUT2D eigenvalue weighted by molar-refractivity contribution is -0.142. The summed E-state index contributed by atoms with van der Waals surface area (Å²) < 4.78 is 71.2. The average Bonchev–Trinajstić information content (AvgIpc) is 3.37. The quantitative estimate of drug-likeness (QED) is 0.419. The molecule has 0 unspecified atom stereocenters. The van der Waals surface area contributed by atoms with E-state index < -0.39 is 22.7 Å².